The van der Waals surface area contributed by atoms with Gasteiger partial charge in [-0.1, -0.05) is 26.8 Å². The molecule has 1 unspecified atom stereocenters. The van der Waals surface area contributed by atoms with E-state index in [2.05, 4.69) is 30.9 Å². The van der Waals surface area contributed by atoms with Crippen molar-refractivity contribution in [3.05, 3.63) is 41.5 Å². The number of hydrogen-bond donors (Lipinski definition) is 1. The van der Waals surface area contributed by atoms with Crippen LogP contribution in [0.3, 0.4) is 0 Å². The molecule has 3 heterocycles. The first-order valence-electron chi connectivity index (χ1n) is 14.4. The molecule has 216 valence electrons. The molecule has 0 saturated carbocycles. The molecule has 7 heteroatoms. The van der Waals surface area contributed by atoms with E-state index in [1.165, 1.54) is 0 Å². The van der Waals surface area contributed by atoms with Crippen LogP contribution in [0.25, 0.3) is 11.1 Å². The summed E-state index contributed by atoms with van der Waals surface area (Å²) in [4.78, 5) is 25.5. The minimum Gasteiger partial charge on any atom is -0.461 e. The summed E-state index contributed by atoms with van der Waals surface area (Å²) < 4.78 is 12.2. The lowest BCUT2D eigenvalue weighted by atomic mass is 9.82. The van der Waals surface area contributed by atoms with Gasteiger partial charge in [-0.3, -0.25) is 9.97 Å². The zero-order chi connectivity index (χ0) is 29.0. The Kier molecular flexibility index (Phi) is 10.2. The number of piperidine rings is 1. The Morgan fingerprint density at radius 2 is 1.77 bits per heavy atom. The minimum absolute atomic E-state index is 0.183. The molecule has 7 nitrogen and oxygen atoms in total. The zero-order valence-electron chi connectivity index (χ0n) is 25.5. The molecule has 0 amide bonds. The van der Waals surface area contributed by atoms with Crippen LogP contribution in [0.5, 0.6) is 0 Å². The lowest BCUT2D eigenvalue weighted by Gasteiger charge is -2.41. The maximum Gasteiger partial charge on any atom is 0.340 e. The highest BCUT2D eigenvalue weighted by Gasteiger charge is 2.37. The largest absolute Gasteiger partial charge is 0.461 e. The van der Waals surface area contributed by atoms with Crippen LogP contribution in [0.4, 0.5) is 5.69 Å². The Balaban J connectivity index is 2.14. The third kappa shape index (κ3) is 8.49. The van der Waals surface area contributed by atoms with Gasteiger partial charge < -0.3 is 19.5 Å². The lowest BCUT2D eigenvalue weighted by molar-refractivity contribution is -0.171. The van der Waals surface area contributed by atoms with Crippen LogP contribution < -0.4 is 4.90 Å². The van der Waals surface area contributed by atoms with Crippen LogP contribution in [0.15, 0.2) is 24.5 Å². The molecule has 2 aromatic heterocycles. The van der Waals surface area contributed by atoms with Crippen molar-refractivity contribution < 1.29 is 19.4 Å². The summed E-state index contributed by atoms with van der Waals surface area (Å²) in [5.74, 6) is -0.150. The van der Waals surface area contributed by atoms with E-state index in [0.29, 0.717) is 0 Å². The van der Waals surface area contributed by atoms with Gasteiger partial charge in [-0.25, -0.2) is 4.79 Å². The molecule has 0 radical (unpaired) electrons. The molecule has 0 bridgehead atoms. The summed E-state index contributed by atoms with van der Waals surface area (Å²) in [6, 6.07) is 4.14. The summed E-state index contributed by atoms with van der Waals surface area (Å²) in [5, 5.41) is 9.37. The van der Waals surface area contributed by atoms with Crippen LogP contribution in [0, 0.1) is 18.3 Å². The number of hydrogen-bond acceptors (Lipinski definition) is 7. The number of esters is 1. The summed E-state index contributed by atoms with van der Waals surface area (Å²) in [7, 11) is 0. The van der Waals surface area contributed by atoms with Crippen molar-refractivity contribution in [3.63, 3.8) is 0 Å². The number of nitrogens with zero attached hydrogens (tertiary/aromatic N) is 3. The molecule has 1 saturated heterocycles. The van der Waals surface area contributed by atoms with Gasteiger partial charge in [0.15, 0.2) is 6.10 Å². The normalized spacial score (nSPS) is 17.3. The number of carbonyl (C=O) groups excluding carboxylic acids is 1. The van der Waals surface area contributed by atoms with Crippen LogP contribution in [-0.4, -0.2) is 52.4 Å². The third-order valence-corrected chi connectivity index (χ3v) is 7.36. The highest BCUT2D eigenvalue weighted by atomic mass is 16.6. The van der Waals surface area contributed by atoms with Crippen LogP contribution >= 0.6 is 0 Å². The Hall–Kier alpha value is -2.51. The standard InChI is InChI=1S/C32H49N3O4/c1-21(2)38-30(37)29(39-31(5,6)7)27-23(4)33-19-26(28(27)35-16-14-32(8,9)15-17-35)24-11-13-25(34-18-24)12-10-22(3)20-36/h11,13,18-19,21-22,29,36H,10,12,14-17,20H2,1-9H3/t22-,29?/m0/s1. The number of pyridine rings is 2. The second kappa shape index (κ2) is 12.8. The maximum absolute atomic E-state index is 13.5. The van der Waals surface area contributed by atoms with E-state index in [4.69, 9.17) is 19.4 Å². The second-order valence-electron chi connectivity index (χ2n) is 13.1. The van der Waals surface area contributed by atoms with E-state index in [-0.39, 0.29) is 24.0 Å². The molecule has 0 aromatic carbocycles. The predicted octanol–water partition coefficient (Wildman–Crippen LogP) is 6.45. The van der Waals surface area contributed by atoms with Crippen molar-refractivity contribution in [1.82, 2.24) is 9.97 Å². The van der Waals surface area contributed by atoms with Gasteiger partial charge in [0, 0.05) is 60.2 Å². The minimum atomic E-state index is -0.906. The molecule has 1 N–H and O–H groups in total. The molecule has 2 aromatic rings. The lowest BCUT2D eigenvalue weighted by Crippen LogP contribution is -2.39. The van der Waals surface area contributed by atoms with E-state index >= 15 is 0 Å². The van der Waals surface area contributed by atoms with Crippen molar-refractivity contribution >= 4 is 11.7 Å². The molecule has 1 aliphatic heterocycles. The number of carbonyl (C=O) groups is 1. The van der Waals surface area contributed by atoms with Crippen LogP contribution in [0.1, 0.15) is 97.7 Å². The smallest absolute Gasteiger partial charge is 0.340 e. The van der Waals surface area contributed by atoms with E-state index in [1.54, 1.807) is 0 Å². The fourth-order valence-corrected chi connectivity index (χ4v) is 4.90. The van der Waals surface area contributed by atoms with Gasteiger partial charge in [0.25, 0.3) is 0 Å². The average Bonchev–Trinajstić information content (AvgIpc) is 2.85. The van der Waals surface area contributed by atoms with Crippen molar-refractivity contribution in [3.8, 4) is 11.1 Å². The maximum atomic E-state index is 13.5. The first-order valence-corrected chi connectivity index (χ1v) is 14.4. The van der Waals surface area contributed by atoms with Gasteiger partial charge in [0.2, 0.25) is 0 Å². The number of aromatic nitrogens is 2. The van der Waals surface area contributed by atoms with Crippen LogP contribution in [0.2, 0.25) is 0 Å². The van der Waals surface area contributed by atoms with Gasteiger partial charge in [0.1, 0.15) is 0 Å². The SMILES string of the molecule is Cc1ncc(-c2ccc(CC[C@H](C)CO)nc2)c(N2CCC(C)(C)CC2)c1C(OC(C)(C)C)C(=O)OC(C)C. The molecule has 39 heavy (non-hydrogen) atoms. The Labute approximate surface area is 235 Å². The highest BCUT2D eigenvalue weighted by molar-refractivity contribution is 5.87. The third-order valence-electron chi connectivity index (χ3n) is 7.36. The Bertz CT molecular complexity index is 1100. The van der Waals surface area contributed by atoms with Crippen molar-refractivity contribution in [2.75, 3.05) is 24.6 Å². The Morgan fingerprint density at radius 1 is 1.10 bits per heavy atom. The number of aliphatic hydroxyl groups excluding tert-OH is 1. The molecule has 2 atom stereocenters. The van der Waals surface area contributed by atoms with Crippen molar-refractivity contribution in [1.29, 1.82) is 0 Å². The first kappa shape index (κ1) is 31.0. The van der Waals surface area contributed by atoms with Crippen molar-refractivity contribution in [2.24, 2.45) is 11.3 Å². The fraction of sp³-hybridized carbons (Fsp3) is 0.656. The summed E-state index contributed by atoms with van der Waals surface area (Å²) in [5.41, 5.74) is 5.11. The van der Waals surface area contributed by atoms with Crippen LogP contribution in [-0.2, 0) is 20.7 Å². The summed E-state index contributed by atoms with van der Waals surface area (Å²) >= 11 is 0. The molecular formula is C32H49N3O4. The van der Waals surface area contributed by atoms with Gasteiger partial charge in [-0.2, -0.15) is 0 Å². The first-order chi connectivity index (χ1) is 18.2. The van der Waals surface area contributed by atoms with E-state index < -0.39 is 17.7 Å². The van der Waals surface area contributed by atoms with Gasteiger partial charge in [-0.15, -0.1) is 0 Å². The molecule has 1 fully saturated rings. The van der Waals surface area contributed by atoms with Gasteiger partial charge in [-0.05, 0) is 84.6 Å². The molecule has 1 aliphatic rings. The summed E-state index contributed by atoms with van der Waals surface area (Å²) in [6.07, 6.45) is 6.44. The molecule has 0 spiro atoms. The van der Waals surface area contributed by atoms with E-state index in [1.807, 2.05) is 60.9 Å². The van der Waals surface area contributed by atoms with Crippen molar-refractivity contribution in [2.45, 2.75) is 106 Å². The average molecular weight is 540 g/mol. The number of rotatable bonds is 10. The quantitative estimate of drug-likeness (QED) is 0.347. The van der Waals surface area contributed by atoms with Gasteiger partial charge in [0.05, 0.1) is 17.4 Å². The summed E-state index contributed by atoms with van der Waals surface area (Å²) in [6.45, 7) is 20.1. The zero-order valence-corrected chi connectivity index (χ0v) is 25.5. The predicted molar refractivity (Wildman–Crippen MR) is 157 cm³/mol. The molecule has 3 rings (SSSR count). The monoisotopic (exact) mass is 539 g/mol. The Morgan fingerprint density at radius 3 is 2.31 bits per heavy atom. The fourth-order valence-electron chi connectivity index (χ4n) is 4.90. The van der Waals surface area contributed by atoms with E-state index in [9.17, 15) is 9.90 Å². The highest BCUT2D eigenvalue weighted by Crippen LogP contribution is 2.43. The topological polar surface area (TPSA) is 84.8 Å². The molecular weight excluding hydrogens is 490 g/mol. The number of aryl methyl sites for hydroxylation is 2. The number of aliphatic hydroxyl groups is 1. The number of ether oxygens (including phenoxy) is 2. The van der Waals surface area contributed by atoms with Gasteiger partial charge >= 0.3 is 5.97 Å². The number of anilines is 1. The second-order valence-corrected chi connectivity index (χ2v) is 13.1. The van der Waals surface area contributed by atoms with E-state index in [0.717, 1.165) is 72.5 Å². The molecule has 0 aliphatic carbocycles.